The van der Waals surface area contributed by atoms with Crippen molar-refractivity contribution in [1.29, 1.82) is 0 Å². The molecular formula is C30H31Cl2N3O7. The van der Waals surface area contributed by atoms with Crippen molar-refractivity contribution in [2.75, 3.05) is 19.5 Å². The average molecular weight is 616 g/mol. The molecule has 0 saturated heterocycles. The molecule has 1 aliphatic heterocycles. The molecule has 2 unspecified atom stereocenters. The van der Waals surface area contributed by atoms with Crippen LogP contribution in [0.4, 0.5) is 5.69 Å². The van der Waals surface area contributed by atoms with Crippen LogP contribution in [0, 0.1) is 0 Å². The Morgan fingerprint density at radius 1 is 0.881 bits per heavy atom. The van der Waals surface area contributed by atoms with E-state index in [-0.39, 0.29) is 67.6 Å². The Kier molecular flexibility index (Phi) is 9.83. The van der Waals surface area contributed by atoms with Gasteiger partial charge in [-0.2, -0.15) is 0 Å². The fraction of sp³-hybridized carbons (Fsp3) is 0.367. The molecule has 0 aliphatic carbocycles. The van der Waals surface area contributed by atoms with E-state index in [1.54, 1.807) is 24.3 Å². The predicted octanol–water partition coefficient (Wildman–Crippen LogP) is 4.25. The molecule has 2 atom stereocenters. The summed E-state index contributed by atoms with van der Waals surface area (Å²) in [5.74, 6) is -0.506. The smallest absolute Gasteiger partial charge is 0.228 e. The van der Waals surface area contributed by atoms with Gasteiger partial charge in [0, 0.05) is 17.8 Å². The summed E-state index contributed by atoms with van der Waals surface area (Å²) in [5.41, 5.74) is 3.15. The standard InChI is InChI=1S/C30H31Cl2N3O7/c1-41-26-7-3-5-21(33-26)23(36)16-29(31,39)11-9-18-13-19(28-20(14-18)15-25(38)35-28)10-12-30(32,40)17-24(37)22-6-4-8-27(34-22)42-2/h3-8,13-14,39-40H,9-12,15-17H2,1-2H3,(H,35,38). The third kappa shape index (κ3) is 8.25. The summed E-state index contributed by atoms with van der Waals surface area (Å²) in [6.07, 6.45) is 0.0502. The zero-order chi connectivity index (χ0) is 30.5. The van der Waals surface area contributed by atoms with Gasteiger partial charge < -0.3 is 25.0 Å². The van der Waals surface area contributed by atoms with Gasteiger partial charge >= 0.3 is 0 Å². The predicted molar refractivity (Wildman–Crippen MR) is 156 cm³/mol. The first-order valence-corrected chi connectivity index (χ1v) is 14.0. The highest BCUT2D eigenvalue weighted by Crippen LogP contribution is 2.34. The van der Waals surface area contributed by atoms with Gasteiger partial charge in [-0.05, 0) is 54.5 Å². The maximum Gasteiger partial charge on any atom is 0.228 e. The lowest BCUT2D eigenvalue weighted by Gasteiger charge is -2.22. The number of aromatic nitrogens is 2. The molecule has 222 valence electrons. The zero-order valence-electron chi connectivity index (χ0n) is 23.2. The molecule has 3 aromatic rings. The molecule has 3 heterocycles. The molecule has 0 radical (unpaired) electrons. The SMILES string of the molecule is COc1cccc(C(=O)CC(O)(Cl)CCc2cc(CCC(O)(Cl)CC(=O)c3cccc(OC)n3)c3c(c2)CC(=O)N3)n1. The normalized spacial score (nSPS) is 15.2. The van der Waals surface area contributed by atoms with Crippen LogP contribution in [0.25, 0.3) is 0 Å². The van der Waals surface area contributed by atoms with Gasteiger partial charge in [-0.15, -0.1) is 0 Å². The van der Waals surface area contributed by atoms with E-state index in [1.165, 1.54) is 26.4 Å². The number of aliphatic hydroxyl groups is 2. The molecule has 0 fully saturated rings. The van der Waals surface area contributed by atoms with Crippen molar-refractivity contribution in [3.8, 4) is 11.8 Å². The number of Topliss-reactive ketones (excluding diaryl/α,β-unsaturated/α-hetero) is 2. The Labute approximate surface area is 253 Å². The molecule has 1 aromatic carbocycles. The third-order valence-corrected chi connectivity index (χ3v) is 7.50. The third-order valence-electron chi connectivity index (χ3n) is 6.85. The molecule has 4 rings (SSSR count). The minimum atomic E-state index is -1.86. The van der Waals surface area contributed by atoms with Crippen LogP contribution in [0.2, 0.25) is 0 Å². The second kappa shape index (κ2) is 13.2. The number of rotatable bonds is 14. The van der Waals surface area contributed by atoms with Gasteiger partial charge in [0.2, 0.25) is 17.7 Å². The highest BCUT2D eigenvalue weighted by Gasteiger charge is 2.31. The number of aryl methyl sites for hydroxylation is 2. The molecule has 0 spiro atoms. The minimum Gasteiger partial charge on any atom is -0.481 e. The summed E-state index contributed by atoms with van der Waals surface area (Å²) < 4.78 is 10.1. The first kappa shape index (κ1) is 31.4. The summed E-state index contributed by atoms with van der Waals surface area (Å²) in [6, 6.07) is 13.2. The maximum atomic E-state index is 12.7. The van der Waals surface area contributed by atoms with Crippen molar-refractivity contribution < 1.29 is 34.1 Å². The Bertz CT molecular complexity index is 1490. The first-order chi connectivity index (χ1) is 19.9. The fourth-order valence-corrected chi connectivity index (χ4v) is 5.15. The summed E-state index contributed by atoms with van der Waals surface area (Å²) in [6.45, 7) is 0. The molecule has 42 heavy (non-hydrogen) atoms. The van der Waals surface area contributed by atoms with E-state index in [1.807, 2.05) is 12.1 Å². The largest absolute Gasteiger partial charge is 0.481 e. The van der Waals surface area contributed by atoms with Crippen molar-refractivity contribution in [3.63, 3.8) is 0 Å². The number of alkyl halides is 2. The summed E-state index contributed by atoms with van der Waals surface area (Å²) in [5, 5.41) is 20.8. The molecule has 12 heteroatoms. The minimum absolute atomic E-state index is 0.0114. The van der Waals surface area contributed by atoms with Crippen molar-refractivity contribution in [2.24, 2.45) is 0 Å². The van der Waals surface area contributed by atoms with Crippen LogP contribution >= 0.6 is 23.2 Å². The summed E-state index contributed by atoms with van der Waals surface area (Å²) in [7, 11) is 2.88. The van der Waals surface area contributed by atoms with E-state index < -0.39 is 21.7 Å². The van der Waals surface area contributed by atoms with Gasteiger partial charge in [-0.3, -0.25) is 14.4 Å². The molecule has 0 bridgehead atoms. The number of halogens is 2. The van der Waals surface area contributed by atoms with Crippen molar-refractivity contribution >= 4 is 46.4 Å². The number of fused-ring (bicyclic) bond motifs is 1. The number of benzene rings is 1. The number of hydrogen-bond donors (Lipinski definition) is 3. The van der Waals surface area contributed by atoms with Crippen LogP contribution in [-0.4, -0.2) is 62.0 Å². The van der Waals surface area contributed by atoms with Gasteiger partial charge in [-0.1, -0.05) is 47.5 Å². The Hall–Kier alpha value is -3.57. The van der Waals surface area contributed by atoms with Gasteiger partial charge in [0.15, 0.2) is 11.6 Å². The number of carbonyl (C=O) groups is 3. The number of nitrogens with zero attached hydrogens (tertiary/aromatic N) is 2. The summed E-state index contributed by atoms with van der Waals surface area (Å²) in [4.78, 5) is 45.8. The molecule has 3 N–H and O–H groups in total. The number of ether oxygens (including phenoxy) is 2. The van der Waals surface area contributed by atoms with Crippen LogP contribution in [0.1, 0.15) is 63.4 Å². The number of anilines is 1. The van der Waals surface area contributed by atoms with E-state index >= 15 is 0 Å². The molecular weight excluding hydrogens is 585 g/mol. The number of amides is 1. The van der Waals surface area contributed by atoms with Gasteiger partial charge in [-0.25, -0.2) is 9.97 Å². The topological polar surface area (TPSA) is 148 Å². The van der Waals surface area contributed by atoms with E-state index in [0.29, 0.717) is 17.7 Å². The number of nitrogens with one attached hydrogen (secondary N) is 1. The summed E-state index contributed by atoms with van der Waals surface area (Å²) >= 11 is 12.7. The van der Waals surface area contributed by atoms with E-state index in [9.17, 15) is 24.6 Å². The highest BCUT2D eigenvalue weighted by molar-refractivity contribution is 6.24. The maximum absolute atomic E-state index is 12.7. The van der Waals surface area contributed by atoms with Gasteiger partial charge in [0.25, 0.3) is 0 Å². The lowest BCUT2D eigenvalue weighted by molar-refractivity contribution is -0.115. The molecule has 10 nitrogen and oxygen atoms in total. The second-order valence-corrected chi connectivity index (χ2v) is 11.6. The van der Waals surface area contributed by atoms with Crippen LogP contribution in [0.5, 0.6) is 11.8 Å². The number of hydrogen-bond acceptors (Lipinski definition) is 9. The quantitative estimate of drug-likeness (QED) is 0.179. The van der Waals surface area contributed by atoms with Crippen molar-refractivity contribution in [3.05, 3.63) is 76.6 Å². The van der Waals surface area contributed by atoms with E-state index in [4.69, 9.17) is 32.7 Å². The van der Waals surface area contributed by atoms with Crippen molar-refractivity contribution in [1.82, 2.24) is 9.97 Å². The number of methoxy groups -OCH3 is 2. The Balaban J connectivity index is 1.42. The van der Waals surface area contributed by atoms with Crippen molar-refractivity contribution in [2.45, 2.75) is 55.1 Å². The first-order valence-electron chi connectivity index (χ1n) is 13.2. The second-order valence-electron chi connectivity index (χ2n) is 10.2. The van der Waals surface area contributed by atoms with Gasteiger partial charge in [0.05, 0.1) is 33.5 Å². The van der Waals surface area contributed by atoms with Crippen LogP contribution in [-0.2, 0) is 24.1 Å². The number of carbonyl (C=O) groups excluding carboxylic acids is 3. The molecule has 0 saturated carbocycles. The fourth-order valence-electron chi connectivity index (χ4n) is 4.72. The van der Waals surface area contributed by atoms with Crippen LogP contribution < -0.4 is 14.8 Å². The monoisotopic (exact) mass is 615 g/mol. The van der Waals surface area contributed by atoms with E-state index in [0.717, 1.165) is 11.1 Å². The Morgan fingerprint density at radius 3 is 1.93 bits per heavy atom. The average Bonchev–Trinajstić information content (AvgIpc) is 3.34. The Morgan fingerprint density at radius 2 is 1.40 bits per heavy atom. The highest BCUT2D eigenvalue weighted by atomic mass is 35.5. The molecule has 2 aromatic heterocycles. The van der Waals surface area contributed by atoms with Crippen LogP contribution in [0.3, 0.4) is 0 Å². The lowest BCUT2D eigenvalue weighted by Crippen LogP contribution is -2.26. The van der Waals surface area contributed by atoms with Gasteiger partial charge in [0.1, 0.15) is 21.5 Å². The van der Waals surface area contributed by atoms with E-state index in [2.05, 4.69) is 15.3 Å². The molecule has 1 aliphatic rings. The van der Waals surface area contributed by atoms with Crippen LogP contribution in [0.15, 0.2) is 48.5 Å². The molecule has 1 amide bonds. The number of ketones is 2. The number of pyridine rings is 2. The zero-order valence-corrected chi connectivity index (χ0v) is 24.7. The lowest BCUT2D eigenvalue weighted by atomic mass is 9.94.